The van der Waals surface area contributed by atoms with Gasteiger partial charge in [-0.15, -0.1) is 11.3 Å². The van der Waals surface area contributed by atoms with Crippen molar-refractivity contribution in [3.63, 3.8) is 0 Å². The number of thiophene rings is 1. The molecule has 6 heteroatoms. The third-order valence-corrected chi connectivity index (χ3v) is 6.89. The Kier molecular flexibility index (Phi) is 4.93. The average Bonchev–Trinajstić information content (AvgIpc) is 3.16. The van der Waals surface area contributed by atoms with Crippen LogP contribution in [0.4, 0.5) is 0 Å². The Morgan fingerprint density at radius 1 is 1.16 bits per heavy atom. The van der Waals surface area contributed by atoms with Crippen LogP contribution in [-0.2, 0) is 11.2 Å². The summed E-state index contributed by atoms with van der Waals surface area (Å²) in [6.07, 6.45) is 8.79. The number of aromatic nitrogens is 2. The summed E-state index contributed by atoms with van der Waals surface area (Å²) in [6, 6.07) is 0.682. The van der Waals surface area contributed by atoms with Crippen molar-refractivity contribution in [2.24, 2.45) is 0 Å². The minimum Gasteiger partial charge on any atom is -0.474 e. The minimum atomic E-state index is 0.270. The maximum atomic E-state index is 6.40. The molecule has 2 heterocycles. The fraction of sp³-hybridized carbons (Fsp3) is 0.684. The molecule has 5 nitrogen and oxygen atoms in total. The van der Waals surface area contributed by atoms with Crippen molar-refractivity contribution in [1.82, 2.24) is 14.9 Å². The Hall–Kier alpha value is -1.24. The van der Waals surface area contributed by atoms with E-state index in [1.54, 1.807) is 24.8 Å². The van der Waals surface area contributed by atoms with Gasteiger partial charge in [-0.1, -0.05) is 0 Å². The molecule has 0 aromatic carbocycles. The van der Waals surface area contributed by atoms with E-state index >= 15 is 0 Å². The summed E-state index contributed by atoms with van der Waals surface area (Å²) in [6.45, 7) is 0.765. The molecule has 1 fully saturated rings. The Morgan fingerprint density at radius 2 is 1.96 bits per heavy atom. The monoisotopic (exact) mass is 361 g/mol. The van der Waals surface area contributed by atoms with Gasteiger partial charge in [0.05, 0.1) is 12.0 Å². The van der Waals surface area contributed by atoms with Crippen molar-refractivity contribution >= 4 is 21.6 Å². The zero-order chi connectivity index (χ0) is 17.4. The quantitative estimate of drug-likeness (QED) is 0.814. The first-order chi connectivity index (χ1) is 12.2. The Bertz CT molecular complexity index is 738. The van der Waals surface area contributed by atoms with Crippen LogP contribution in [0.1, 0.15) is 48.5 Å². The number of methoxy groups -OCH3 is 1. The topological polar surface area (TPSA) is 47.5 Å². The zero-order valence-corrected chi connectivity index (χ0v) is 16.1. The Labute approximate surface area is 153 Å². The van der Waals surface area contributed by atoms with Gasteiger partial charge < -0.3 is 14.4 Å². The molecule has 0 radical (unpaired) electrons. The van der Waals surface area contributed by atoms with E-state index in [2.05, 4.69) is 29.0 Å². The van der Waals surface area contributed by atoms with Gasteiger partial charge in [-0.25, -0.2) is 9.97 Å². The average molecular weight is 362 g/mol. The van der Waals surface area contributed by atoms with Crippen LogP contribution >= 0.6 is 11.3 Å². The number of nitrogens with zero attached hydrogens (tertiary/aromatic N) is 3. The lowest BCUT2D eigenvalue weighted by Gasteiger charge is -2.32. The molecule has 2 aromatic heterocycles. The van der Waals surface area contributed by atoms with E-state index in [1.807, 2.05) is 0 Å². The molecule has 25 heavy (non-hydrogen) atoms. The molecule has 0 saturated heterocycles. The van der Waals surface area contributed by atoms with Crippen LogP contribution in [0.25, 0.3) is 10.2 Å². The highest BCUT2D eigenvalue weighted by atomic mass is 32.1. The number of ether oxygens (including phenoxy) is 2. The normalized spacial score (nSPS) is 26.3. The van der Waals surface area contributed by atoms with Gasteiger partial charge >= 0.3 is 0 Å². The molecule has 1 saturated carbocycles. The number of fused-ring (bicyclic) bond motifs is 3. The second kappa shape index (κ2) is 7.17. The molecule has 2 aromatic rings. The summed E-state index contributed by atoms with van der Waals surface area (Å²) < 4.78 is 11.8. The van der Waals surface area contributed by atoms with Crippen molar-refractivity contribution in [3.8, 4) is 5.88 Å². The molecule has 0 spiro atoms. The van der Waals surface area contributed by atoms with Gasteiger partial charge in [0.1, 0.15) is 17.3 Å². The highest BCUT2D eigenvalue weighted by molar-refractivity contribution is 7.19. The van der Waals surface area contributed by atoms with Crippen molar-refractivity contribution in [1.29, 1.82) is 0 Å². The molecule has 1 atom stereocenters. The summed E-state index contributed by atoms with van der Waals surface area (Å²) in [4.78, 5) is 13.9. The lowest BCUT2D eigenvalue weighted by molar-refractivity contribution is 0.108. The molecule has 1 unspecified atom stereocenters. The van der Waals surface area contributed by atoms with E-state index in [-0.39, 0.29) is 6.10 Å². The standard InChI is InChI=1S/C19H27N3O2S/c1-22(2)13-5-7-14(8-6-13)24-18-17-16-12(10-23-3)4-9-15(16)25-19(17)21-11-20-18/h11-14H,4-10H2,1-3H3/t12?,13-,14-. The van der Waals surface area contributed by atoms with E-state index < -0.39 is 0 Å². The fourth-order valence-electron chi connectivity index (χ4n) is 4.33. The summed E-state index contributed by atoms with van der Waals surface area (Å²) >= 11 is 1.80. The van der Waals surface area contributed by atoms with Crippen LogP contribution in [0.2, 0.25) is 0 Å². The molecule has 0 amide bonds. The SMILES string of the molecule is COCC1CCc2sc3ncnc(O[C@H]4CC[C@H](N(C)C)CC4)c3c21. The molecule has 2 aliphatic carbocycles. The predicted octanol–water partition coefficient (Wildman–Crippen LogP) is 3.62. The molecule has 136 valence electrons. The lowest BCUT2D eigenvalue weighted by Crippen LogP contribution is -2.35. The van der Waals surface area contributed by atoms with Gasteiger partial charge in [0.15, 0.2) is 0 Å². The van der Waals surface area contributed by atoms with Crippen LogP contribution in [-0.4, -0.2) is 54.8 Å². The van der Waals surface area contributed by atoms with Gasteiger partial charge in [-0.3, -0.25) is 0 Å². The summed E-state index contributed by atoms with van der Waals surface area (Å²) in [5.41, 5.74) is 1.39. The van der Waals surface area contributed by atoms with Gasteiger partial charge in [-0.2, -0.15) is 0 Å². The van der Waals surface area contributed by atoms with E-state index in [9.17, 15) is 0 Å². The van der Waals surface area contributed by atoms with Gasteiger partial charge in [0.25, 0.3) is 0 Å². The van der Waals surface area contributed by atoms with Crippen molar-refractivity contribution in [2.75, 3.05) is 27.8 Å². The van der Waals surface area contributed by atoms with E-state index in [1.165, 1.54) is 23.3 Å². The van der Waals surface area contributed by atoms with Gasteiger partial charge in [0.2, 0.25) is 5.88 Å². The molecule has 0 N–H and O–H groups in total. The minimum absolute atomic E-state index is 0.270. The molecule has 2 aliphatic rings. The molecular weight excluding hydrogens is 334 g/mol. The predicted molar refractivity (Wildman–Crippen MR) is 101 cm³/mol. The van der Waals surface area contributed by atoms with Gasteiger partial charge in [0, 0.05) is 23.9 Å². The number of rotatable bonds is 5. The van der Waals surface area contributed by atoms with E-state index in [0.717, 1.165) is 48.4 Å². The molecule has 0 aliphatic heterocycles. The summed E-state index contributed by atoms with van der Waals surface area (Å²) in [5.74, 6) is 1.24. The highest BCUT2D eigenvalue weighted by Crippen LogP contribution is 2.46. The molecule has 4 rings (SSSR count). The fourth-order valence-corrected chi connectivity index (χ4v) is 5.57. The van der Waals surface area contributed by atoms with Crippen LogP contribution in [0, 0.1) is 0 Å². The Balaban J connectivity index is 1.58. The van der Waals surface area contributed by atoms with Crippen LogP contribution in [0.5, 0.6) is 5.88 Å². The largest absolute Gasteiger partial charge is 0.474 e. The zero-order valence-electron chi connectivity index (χ0n) is 15.3. The first-order valence-electron chi connectivity index (χ1n) is 9.25. The summed E-state index contributed by atoms with van der Waals surface area (Å²) in [7, 11) is 6.12. The second-order valence-electron chi connectivity index (χ2n) is 7.50. The lowest BCUT2D eigenvalue weighted by atomic mass is 9.92. The Morgan fingerprint density at radius 3 is 2.68 bits per heavy atom. The number of hydrogen-bond donors (Lipinski definition) is 0. The third kappa shape index (κ3) is 3.27. The first kappa shape index (κ1) is 17.2. The van der Waals surface area contributed by atoms with Crippen molar-refractivity contribution in [2.45, 2.75) is 56.6 Å². The molecular formula is C19H27N3O2S. The summed E-state index contributed by atoms with van der Waals surface area (Å²) in [5, 5.41) is 1.15. The first-order valence-corrected chi connectivity index (χ1v) is 10.1. The van der Waals surface area contributed by atoms with Crippen LogP contribution in [0.15, 0.2) is 6.33 Å². The molecule has 0 bridgehead atoms. The third-order valence-electron chi connectivity index (χ3n) is 5.72. The number of aryl methyl sites for hydroxylation is 1. The maximum Gasteiger partial charge on any atom is 0.225 e. The maximum absolute atomic E-state index is 6.40. The van der Waals surface area contributed by atoms with E-state index in [4.69, 9.17) is 9.47 Å². The van der Waals surface area contributed by atoms with Crippen LogP contribution in [0.3, 0.4) is 0 Å². The smallest absolute Gasteiger partial charge is 0.225 e. The number of hydrogen-bond acceptors (Lipinski definition) is 6. The van der Waals surface area contributed by atoms with E-state index in [0.29, 0.717) is 12.0 Å². The van der Waals surface area contributed by atoms with Crippen molar-refractivity contribution in [3.05, 3.63) is 16.8 Å². The van der Waals surface area contributed by atoms with Crippen LogP contribution < -0.4 is 4.74 Å². The van der Waals surface area contributed by atoms with Crippen molar-refractivity contribution < 1.29 is 9.47 Å². The highest BCUT2D eigenvalue weighted by Gasteiger charge is 2.31. The second-order valence-corrected chi connectivity index (χ2v) is 8.58. The van der Waals surface area contributed by atoms with Gasteiger partial charge in [-0.05, 0) is 58.2 Å².